The molecule has 0 amide bonds. The van der Waals surface area contributed by atoms with Crippen molar-refractivity contribution in [2.24, 2.45) is 11.8 Å². The van der Waals surface area contributed by atoms with Gasteiger partial charge in [-0.1, -0.05) is 52.3 Å². The number of thiocarbonyl (C=S) groups is 1. The Hall–Kier alpha value is -1.09. The summed E-state index contributed by atoms with van der Waals surface area (Å²) in [4.78, 5) is 0. The molecule has 2 saturated carbocycles. The van der Waals surface area contributed by atoms with Gasteiger partial charge in [0.05, 0.1) is 0 Å². The van der Waals surface area contributed by atoms with Crippen molar-refractivity contribution in [3.63, 3.8) is 0 Å². The van der Waals surface area contributed by atoms with Crippen molar-refractivity contribution in [3.05, 3.63) is 29.3 Å². The third-order valence-corrected chi connectivity index (χ3v) is 6.93. The standard InChI is InChI=1S/C22H34N2S/c1-5-14(3)18-8-7-9-19(15(4)6-2)21(18)24-22(25)23-20-13-16-10-11-17(20)12-16/h7-9,14-17,20H,5-6,10-13H2,1-4H3,(H2,23,24,25). The highest BCUT2D eigenvalue weighted by Crippen LogP contribution is 2.44. The lowest BCUT2D eigenvalue weighted by atomic mass is 9.89. The summed E-state index contributed by atoms with van der Waals surface area (Å²) >= 11 is 5.73. The van der Waals surface area contributed by atoms with Gasteiger partial charge in [-0.25, -0.2) is 0 Å². The monoisotopic (exact) mass is 358 g/mol. The first-order chi connectivity index (χ1) is 12.0. The summed E-state index contributed by atoms with van der Waals surface area (Å²) in [7, 11) is 0. The number of hydrogen-bond donors (Lipinski definition) is 2. The molecule has 1 aromatic carbocycles. The van der Waals surface area contributed by atoms with Crippen molar-refractivity contribution in [1.82, 2.24) is 5.32 Å². The predicted octanol–water partition coefficient (Wildman–Crippen LogP) is 6.19. The Kier molecular flexibility index (Phi) is 6.04. The fraction of sp³-hybridized carbons (Fsp3) is 0.682. The number of para-hydroxylation sites is 1. The van der Waals surface area contributed by atoms with Crippen LogP contribution in [0.15, 0.2) is 18.2 Å². The smallest absolute Gasteiger partial charge is 0.171 e. The summed E-state index contributed by atoms with van der Waals surface area (Å²) in [5.74, 6) is 2.85. The van der Waals surface area contributed by atoms with Gasteiger partial charge >= 0.3 is 0 Å². The molecule has 138 valence electrons. The molecule has 2 nitrogen and oxygen atoms in total. The number of anilines is 1. The highest BCUT2D eigenvalue weighted by molar-refractivity contribution is 7.80. The maximum Gasteiger partial charge on any atom is 0.171 e. The zero-order chi connectivity index (χ0) is 18.0. The summed E-state index contributed by atoms with van der Waals surface area (Å²) in [5.41, 5.74) is 4.06. The van der Waals surface area contributed by atoms with E-state index in [-0.39, 0.29) is 0 Å². The van der Waals surface area contributed by atoms with Gasteiger partial charge < -0.3 is 10.6 Å². The Morgan fingerprint density at radius 1 is 1.08 bits per heavy atom. The number of hydrogen-bond acceptors (Lipinski definition) is 1. The van der Waals surface area contributed by atoms with E-state index in [1.807, 2.05) is 0 Å². The predicted molar refractivity (Wildman–Crippen MR) is 112 cm³/mol. The van der Waals surface area contributed by atoms with Crippen molar-refractivity contribution in [2.45, 2.75) is 84.1 Å². The van der Waals surface area contributed by atoms with Gasteiger partial charge in [-0.15, -0.1) is 0 Å². The minimum absolute atomic E-state index is 0.539. The number of fused-ring (bicyclic) bond motifs is 2. The van der Waals surface area contributed by atoms with Crippen molar-refractivity contribution < 1.29 is 0 Å². The molecule has 0 aliphatic heterocycles. The first-order valence-electron chi connectivity index (χ1n) is 10.2. The second-order valence-corrected chi connectivity index (χ2v) is 8.72. The molecule has 2 aliphatic carbocycles. The maximum atomic E-state index is 5.73. The van der Waals surface area contributed by atoms with Crippen LogP contribution in [-0.4, -0.2) is 11.2 Å². The molecule has 0 spiro atoms. The summed E-state index contributed by atoms with van der Waals surface area (Å²) in [6.07, 6.45) is 7.81. The van der Waals surface area contributed by atoms with Crippen LogP contribution in [0.2, 0.25) is 0 Å². The van der Waals surface area contributed by atoms with Crippen LogP contribution in [0.1, 0.15) is 89.2 Å². The van der Waals surface area contributed by atoms with E-state index in [1.165, 1.54) is 42.5 Å². The SMILES string of the molecule is CCC(C)c1cccc(C(C)CC)c1NC(=S)NC1CC2CCC1C2. The van der Waals surface area contributed by atoms with Gasteiger partial charge in [-0.2, -0.15) is 0 Å². The van der Waals surface area contributed by atoms with Crippen molar-refractivity contribution in [3.8, 4) is 0 Å². The first-order valence-corrected chi connectivity index (χ1v) is 10.6. The highest BCUT2D eigenvalue weighted by Gasteiger charge is 2.39. The van der Waals surface area contributed by atoms with E-state index in [2.05, 4.69) is 56.5 Å². The van der Waals surface area contributed by atoms with Crippen LogP contribution in [-0.2, 0) is 0 Å². The molecule has 0 heterocycles. The van der Waals surface area contributed by atoms with Crippen molar-refractivity contribution in [2.75, 3.05) is 5.32 Å². The zero-order valence-electron chi connectivity index (χ0n) is 16.3. The fourth-order valence-electron chi connectivity index (χ4n) is 4.73. The Morgan fingerprint density at radius 2 is 1.72 bits per heavy atom. The molecule has 2 N–H and O–H groups in total. The van der Waals surface area contributed by atoms with Crippen LogP contribution in [0.3, 0.4) is 0 Å². The molecular weight excluding hydrogens is 324 g/mol. The van der Waals surface area contributed by atoms with Crippen LogP contribution < -0.4 is 10.6 Å². The minimum Gasteiger partial charge on any atom is -0.359 e. The summed E-state index contributed by atoms with van der Waals surface area (Å²) in [5, 5.41) is 8.08. The van der Waals surface area contributed by atoms with E-state index in [9.17, 15) is 0 Å². The van der Waals surface area contributed by atoms with Crippen LogP contribution in [0.4, 0.5) is 5.69 Å². The van der Waals surface area contributed by atoms with Gasteiger partial charge in [0, 0.05) is 11.7 Å². The second kappa shape index (κ2) is 8.07. The molecule has 2 aliphatic rings. The lowest BCUT2D eigenvalue weighted by Crippen LogP contribution is -2.41. The zero-order valence-corrected chi connectivity index (χ0v) is 17.1. The lowest BCUT2D eigenvalue weighted by Gasteiger charge is -2.27. The molecule has 2 fully saturated rings. The van der Waals surface area contributed by atoms with E-state index < -0.39 is 0 Å². The van der Waals surface area contributed by atoms with Gasteiger partial charge in [0.2, 0.25) is 0 Å². The highest BCUT2D eigenvalue weighted by atomic mass is 32.1. The Morgan fingerprint density at radius 3 is 2.20 bits per heavy atom. The Labute approximate surface area is 159 Å². The number of benzene rings is 1. The van der Waals surface area contributed by atoms with Gasteiger partial charge in [0.25, 0.3) is 0 Å². The topological polar surface area (TPSA) is 24.1 Å². The fourth-order valence-corrected chi connectivity index (χ4v) is 4.99. The van der Waals surface area contributed by atoms with Gasteiger partial charge in [0.1, 0.15) is 0 Å². The van der Waals surface area contributed by atoms with Crippen LogP contribution in [0.25, 0.3) is 0 Å². The van der Waals surface area contributed by atoms with E-state index in [1.54, 1.807) is 0 Å². The molecule has 2 bridgehead atoms. The van der Waals surface area contributed by atoms with E-state index in [4.69, 9.17) is 12.2 Å². The third kappa shape index (κ3) is 4.02. The Bertz CT molecular complexity index is 584. The van der Waals surface area contributed by atoms with Crippen LogP contribution in [0, 0.1) is 11.8 Å². The molecule has 3 rings (SSSR count). The average molecular weight is 359 g/mol. The second-order valence-electron chi connectivity index (χ2n) is 8.31. The average Bonchev–Trinajstić information content (AvgIpc) is 3.23. The quantitative estimate of drug-likeness (QED) is 0.593. The van der Waals surface area contributed by atoms with Crippen LogP contribution >= 0.6 is 12.2 Å². The van der Waals surface area contributed by atoms with E-state index >= 15 is 0 Å². The molecule has 25 heavy (non-hydrogen) atoms. The molecule has 5 unspecified atom stereocenters. The van der Waals surface area contributed by atoms with E-state index in [0.29, 0.717) is 17.9 Å². The molecular formula is C22H34N2S. The van der Waals surface area contributed by atoms with Crippen LogP contribution in [0.5, 0.6) is 0 Å². The summed E-state index contributed by atoms with van der Waals surface area (Å²) in [6, 6.07) is 7.33. The molecule has 0 aromatic heterocycles. The number of rotatable bonds is 6. The molecule has 3 heteroatoms. The molecule has 0 radical (unpaired) electrons. The number of nitrogens with one attached hydrogen (secondary N) is 2. The van der Waals surface area contributed by atoms with Gasteiger partial charge in [0.15, 0.2) is 5.11 Å². The summed E-state index contributed by atoms with van der Waals surface area (Å²) in [6.45, 7) is 9.15. The lowest BCUT2D eigenvalue weighted by molar-refractivity contribution is 0.392. The third-order valence-electron chi connectivity index (χ3n) is 6.71. The van der Waals surface area contributed by atoms with Crippen molar-refractivity contribution >= 4 is 23.0 Å². The molecule has 1 aromatic rings. The normalized spacial score (nSPS) is 27.1. The molecule has 0 saturated heterocycles. The minimum atomic E-state index is 0.539. The molecule has 5 atom stereocenters. The summed E-state index contributed by atoms with van der Waals surface area (Å²) < 4.78 is 0. The van der Waals surface area contributed by atoms with Gasteiger partial charge in [-0.05, 0) is 79.1 Å². The first kappa shape index (κ1) is 18.7. The largest absolute Gasteiger partial charge is 0.359 e. The van der Waals surface area contributed by atoms with Crippen molar-refractivity contribution in [1.29, 1.82) is 0 Å². The van der Waals surface area contributed by atoms with Gasteiger partial charge in [-0.3, -0.25) is 0 Å². The maximum absolute atomic E-state index is 5.73. The Balaban J connectivity index is 1.78. The van der Waals surface area contributed by atoms with E-state index in [0.717, 1.165) is 29.8 Å².